The lowest BCUT2D eigenvalue weighted by atomic mass is 9.99. The molecule has 3 rings (SSSR count). The van der Waals surface area contributed by atoms with Crippen molar-refractivity contribution in [3.63, 3.8) is 0 Å². The number of nitrogens with two attached hydrogens (primary N) is 2. The number of fused-ring (bicyclic) bond motifs is 1. The van der Waals surface area contributed by atoms with E-state index in [2.05, 4.69) is 15.0 Å². The van der Waals surface area contributed by atoms with Crippen molar-refractivity contribution in [1.29, 1.82) is 0 Å². The Morgan fingerprint density at radius 3 is 2.78 bits per heavy atom. The van der Waals surface area contributed by atoms with Crippen LogP contribution in [0.5, 0.6) is 0 Å². The number of ether oxygens (including phenoxy) is 1. The summed E-state index contributed by atoms with van der Waals surface area (Å²) in [5.74, 6) is 0.185. The maximum atomic E-state index is 10.6. The summed E-state index contributed by atoms with van der Waals surface area (Å²) in [4.78, 5) is 12.1. The number of aliphatic hydroxyl groups is 3. The van der Waals surface area contributed by atoms with Crippen LogP contribution in [0.3, 0.4) is 0 Å². The molecular formula is C13H18N6O4. The second-order valence-corrected chi connectivity index (χ2v) is 5.30. The Kier molecular flexibility index (Phi) is 3.90. The Hall–Kier alpha value is -2.27. The molecule has 0 radical (unpaired) electrons. The van der Waals surface area contributed by atoms with E-state index in [0.717, 1.165) is 0 Å². The summed E-state index contributed by atoms with van der Waals surface area (Å²) in [6.45, 7) is -0.448. The first-order valence-corrected chi connectivity index (χ1v) is 7.00. The smallest absolute Gasteiger partial charge is 0.180 e. The molecule has 10 heteroatoms. The maximum absolute atomic E-state index is 10.6. The second-order valence-electron chi connectivity index (χ2n) is 5.30. The number of anilines is 1. The van der Waals surface area contributed by atoms with Gasteiger partial charge in [-0.25, -0.2) is 15.0 Å². The molecule has 23 heavy (non-hydrogen) atoms. The van der Waals surface area contributed by atoms with Crippen LogP contribution in [0.1, 0.15) is 6.42 Å². The zero-order valence-corrected chi connectivity index (χ0v) is 12.1. The van der Waals surface area contributed by atoms with Gasteiger partial charge in [0.1, 0.15) is 30.2 Å². The molecule has 0 bridgehead atoms. The molecule has 0 saturated carbocycles. The van der Waals surface area contributed by atoms with E-state index < -0.39 is 30.6 Å². The zero-order chi connectivity index (χ0) is 16.6. The standard InChI is InChI=1S/C13H18N6O4/c14-3-1-2-13(10(22)9(21)7(4-20)23-13)19-6-18-8-11(15)16-5-17-12(8)19/h1,3,5-7,9-10,20-22H,2,4,14H2,(H2,15,16,17)/t7-,9-,10-,13-/m1/s1. The summed E-state index contributed by atoms with van der Waals surface area (Å²) in [5, 5.41) is 30.0. The first-order chi connectivity index (χ1) is 11.0. The van der Waals surface area contributed by atoms with Gasteiger partial charge in [0, 0.05) is 6.42 Å². The van der Waals surface area contributed by atoms with Crippen molar-refractivity contribution >= 4 is 17.0 Å². The van der Waals surface area contributed by atoms with E-state index in [9.17, 15) is 15.3 Å². The minimum Gasteiger partial charge on any atom is -0.405 e. The SMILES string of the molecule is NC=CC[C@@]1(n2cnc3c(N)ncnc32)O[C@H](CO)[C@@H](O)[C@H]1O. The van der Waals surface area contributed by atoms with Gasteiger partial charge in [0.2, 0.25) is 0 Å². The van der Waals surface area contributed by atoms with E-state index in [1.807, 2.05) is 0 Å². The first kappa shape index (κ1) is 15.6. The van der Waals surface area contributed by atoms with Gasteiger partial charge in [-0.1, -0.05) is 6.08 Å². The molecular weight excluding hydrogens is 304 g/mol. The van der Waals surface area contributed by atoms with Gasteiger partial charge in [0.15, 0.2) is 17.2 Å². The molecule has 3 heterocycles. The topological polar surface area (TPSA) is 166 Å². The third-order valence-electron chi connectivity index (χ3n) is 4.02. The Bertz CT molecular complexity index is 734. The normalized spacial score (nSPS) is 31.3. The van der Waals surface area contributed by atoms with Crippen LogP contribution < -0.4 is 11.5 Å². The van der Waals surface area contributed by atoms with Crippen LogP contribution in [0.4, 0.5) is 5.82 Å². The number of aliphatic hydroxyl groups excluding tert-OH is 3. The molecule has 10 nitrogen and oxygen atoms in total. The summed E-state index contributed by atoms with van der Waals surface area (Å²) >= 11 is 0. The number of hydrogen-bond donors (Lipinski definition) is 5. The molecule has 1 aliphatic heterocycles. The lowest BCUT2D eigenvalue weighted by Gasteiger charge is -2.32. The van der Waals surface area contributed by atoms with E-state index in [4.69, 9.17) is 16.2 Å². The summed E-state index contributed by atoms with van der Waals surface area (Å²) in [5.41, 5.74) is 10.4. The summed E-state index contributed by atoms with van der Waals surface area (Å²) < 4.78 is 7.26. The Balaban J connectivity index is 2.18. The molecule has 0 spiro atoms. The first-order valence-electron chi connectivity index (χ1n) is 7.00. The number of rotatable bonds is 4. The number of nitrogens with zero attached hydrogens (tertiary/aromatic N) is 4. The predicted octanol–water partition coefficient (Wildman–Crippen LogP) is -1.96. The second kappa shape index (κ2) is 5.74. The van der Waals surface area contributed by atoms with Crippen molar-refractivity contribution in [2.45, 2.75) is 30.5 Å². The quantitative estimate of drug-likeness (QED) is 0.429. The lowest BCUT2D eigenvalue weighted by molar-refractivity contribution is -0.143. The lowest BCUT2D eigenvalue weighted by Crippen LogP contribution is -2.45. The molecule has 0 aromatic carbocycles. The van der Waals surface area contributed by atoms with Crippen molar-refractivity contribution in [1.82, 2.24) is 19.5 Å². The van der Waals surface area contributed by atoms with Crippen LogP contribution in [0.15, 0.2) is 24.9 Å². The molecule has 0 amide bonds. The fourth-order valence-corrected chi connectivity index (χ4v) is 2.85. The third kappa shape index (κ3) is 2.23. The average Bonchev–Trinajstić information content (AvgIpc) is 3.09. The van der Waals surface area contributed by atoms with E-state index in [1.165, 1.54) is 23.4 Å². The van der Waals surface area contributed by atoms with Crippen LogP contribution in [0.2, 0.25) is 0 Å². The predicted molar refractivity (Wildman–Crippen MR) is 79.6 cm³/mol. The van der Waals surface area contributed by atoms with Gasteiger partial charge in [-0.2, -0.15) is 0 Å². The zero-order valence-electron chi connectivity index (χ0n) is 12.1. The Morgan fingerprint density at radius 1 is 1.35 bits per heavy atom. The summed E-state index contributed by atoms with van der Waals surface area (Å²) in [7, 11) is 0. The van der Waals surface area contributed by atoms with Gasteiger partial charge in [-0.05, 0) is 6.20 Å². The molecule has 1 aliphatic rings. The summed E-state index contributed by atoms with van der Waals surface area (Å²) in [6.07, 6.45) is 2.12. The van der Waals surface area contributed by atoms with Crippen molar-refractivity contribution in [2.24, 2.45) is 5.73 Å². The highest BCUT2D eigenvalue weighted by molar-refractivity contribution is 5.81. The van der Waals surface area contributed by atoms with Crippen LogP contribution in [-0.4, -0.2) is 59.8 Å². The highest BCUT2D eigenvalue weighted by Crippen LogP contribution is 2.40. The van der Waals surface area contributed by atoms with Crippen LogP contribution >= 0.6 is 0 Å². The van der Waals surface area contributed by atoms with Gasteiger partial charge in [0.05, 0.1) is 12.9 Å². The fraction of sp³-hybridized carbons (Fsp3) is 0.462. The number of nitrogen functional groups attached to an aromatic ring is 1. The number of imidazole rings is 1. The fourth-order valence-electron chi connectivity index (χ4n) is 2.85. The molecule has 2 aromatic rings. The van der Waals surface area contributed by atoms with Crippen LogP contribution in [0, 0.1) is 0 Å². The molecule has 7 N–H and O–H groups in total. The van der Waals surface area contributed by atoms with Crippen molar-refractivity contribution in [3.8, 4) is 0 Å². The largest absolute Gasteiger partial charge is 0.405 e. The molecule has 0 aliphatic carbocycles. The Labute approximate surface area is 131 Å². The number of aromatic nitrogens is 4. The van der Waals surface area contributed by atoms with E-state index in [-0.39, 0.29) is 12.2 Å². The molecule has 124 valence electrons. The van der Waals surface area contributed by atoms with Gasteiger partial charge in [-0.3, -0.25) is 4.57 Å². The van der Waals surface area contributed by atoms with Gasteiger partial charge >= 0.3 is 0 Å². The molecule has 4 atom stereocenters. The third-order valence-corrected chi connectivity index (χ3v) is 4.02. The highest BCUT2D eigenvalue weighted by Gasteiger charge is 2.55. The van der Waals surface area contributed by atoms with Crippen molar-refractivity contribution in [3.05, 3.63) is 24.9 Å². The van der Waals surface area contributed by atoms with E-state index in [0.29, 0.717) is 11.2 Å². The molecule has 2 aromatic heterocycles. The number of hydrogen-bond acceptors (Lipinski definition) is 9. The van der Waals surface area contributed by atoms with Gasteiger partial charge in [0.25, 0.3) is 0 Å². The molecule has 1 saturated heterocycles. The Morgan fingerprint density at radius 2 is 2.13 bits per heavy atom. The minimum absolute atomic E-state index is 0.133. The van der Waals surface area contributed by atoms with Crippen LogP contribution in [0.25, 0.3) is 11.2 Å². The highest BCUT2D eigenvalue weighted by atomic mass is 16.6. The van der Waals surface area contributed by atoms with E-state index >= 15 is 0 Å². The molecule has 1 fully saturated rings. The van der Waals surface area contributed by atoms with E-state index in [1.54, 1.807) is 6.08 Å². The van der Waals surface area contributed by atoms with Crippen molar-refractivity contribution in [2.75, 3.05) is 12.3 Å². The monoisotopic (exact) mass is 322 g/mol. The molecule has 0 unspecified atom stereocenters. The van der Waals surface area contributed by atoms with Crippen LogP contribution in [-0.2, 0) is 10.5 Å². The van der Waals surface area contributed by atoms with Gasteiger partial charge < -0.3 is 31.5 Å². The summed E-state index contributed by atoms with van der Waals surface area (Å²) in [6, 6.07) is 0. The van der Waals surface area contributed by atoms with Crippen molar-refractivity contribution < 1.29 is 20.1 Å². The van der Waals surface area contributed by atoms with Gasteiger partial charge in [-0.15, -0.1) is 0 Å². The maximum Gasteiger partial charge on any atom is 0.180 e. The average molecular weight is 322 g/mol. The minimum atomic E-state index is -1.42.